The third-order valence-corrected chi connectivity index (χ3v) is 3.13. The van der Waals surface area contributed by atoms with Crippen LogP contribution in [0.2, 0.25) is 0 Å². The molecule has 0 aliphatic rings. The highest BCUT2D eigenvalue weighted by Gasteiger charge is 2.21. The van der Waals surface area contributed by atoms with Gasteiger partial charge in [-0.2, -0.15) is 4.98 Å². The number of ether oxygens (including phenoxy) is 1. The molecule has 0 unspecified atom stereocenters. The van der Waals surface area contributed by atoms with Crippen molar-refractivity contribution in [2.24, 2.45) is 5.73 Å². The van der Waals surface area contributed by atoms with Crippen LogP contribution in [0.15, 0.2) is 47.0 Å². The van der Waals surface area contributed by atoms with Gasteiger partial charge in [0, 0.05) is 0 Å². The van der Waals surface area contributed by atoms with Crippen molar-refractivity contribution in [1.29, 1.82) is 0 Å². The summed E-state index contributed by atoms with van der Waals surface area (Å²) in [5.41, 5.74) is 5.29. The molecule has 0 saturated heterocycles. The molecule has 0 radical (unpaired) electrons. The molecular formula is C16H17N3O2. The number of hydrogen-bond acceptors (Lipinski definition) is 5. The summed E-state index contributed by atoms with van der Waals surface area (Å²) in [7, 11) is 0. The molecule has 1 heterocycles. The minimum atomic E-state index is -0.620. The number of nitrogens with two attached hydrogens (primary N) is 1. The summed E-state index contributed by atoms with van der Waals surface area (Å²) in [6, 6.07) is 14.0. The molecule has 1 aromatic heterocycles. The predicted molar refractivity (Wildman–Crippen MR) is 79.8 cm³/mol. The van der Waals surface area contributed by atoms with E-state index in [1.165, 1.54) is 5.39 Å². The van der Waals surface area contributed by atoms with Gasteiger partial charge in [-0.15, -0.1) is 0 Å². The summed E-state index contributed by atoms with van der Waals surface area (Å²) in [5, 5.41) is 6.16. The lowest BCUT2D eigenvalue weighted by Gasteiger charge is -2.11. The first-order chi connectivity index (χ1) is 10.0. The molecule has 2 N–H and O–H groups in total. The van der Waals surface area contributed by atoms with Gasteiger partial charge in [0.2, 0.25) is 0 Å². The molecular weight excluding hydrogens is 266 g/mol. The average molecular weight is 283 g/mol. The van der Waals surface area contributed by atoms with E-state index >= 15 is 0 Å². The fourth-order valence-electron chi connectivity index (χ4n) is 1.98. The highest BCUT2D eigenvalue weighted by molar-refractivity contribution is 5.83. The number of rotatable bonds is 4. The van der Waals surface area contributed by atoms with Crippen molar-refractivity contribution in [2.45, 2.75) is 26.0 Å². The van der Waals surface area contributed by atoms with E-state index < -0.39 is 5.54 Å². The molecule has 0 spiro atoms. The van der Waals surface area contributed by atoms with Crippen LogP contribution in [0, 0.1) is 0 Å². The molecule has 5 heteroatoms. The van der Waals surface area contributed by atoms with Crippen LogP contribution >= 0.6 is 0 Å². The molecule has 0 aliphatic heterocycles. The standard InChI is InChI=1S/C16H17N3O2/c1-16(2,17)15-18-14(21-19-15)10-20-13-8-7-11-5-3-4-6-12(11)9-13/h3-9H,10,17H2,1-2H3. The molecule has 2 aromatic carbocycles. The minimum Gasteiger partial charge on any atom is -0.484 e. The van der Waals surface area contributed by atoms with Crippen molar-refractivity contribution in [3.05, 3.63) is 54.2 Å². The fraction of sp³-hybridized carbons (Fsp3) is 0.250. The van der Waals surface area contributed by atoms with E-state index in [1.807, 2.05) is 50.2 Å². The van der Waals surface area contributed by atoms with Crippen molar-refractivity contribution < 1.29 is 9.26 Å². The van der Waals surface area contributed by atoms with Crippen molar-refractivity contribution >= 4 is 10.8 Å². The van der Waals surface area contributed by atoms with E-state index in [4.69, 9.17) is 15.0 Å². The second kappa shape index (κ2) is 5.18. The Labute approximate surface area is 122 Å². The van der Waals surface area contributed by atoms with Gasteiger partial charge in [-0.3, -0.25) is 0 Å². The van der Waals surface area contributed by atoms with Crippen LogP contribution in [0.1, 0.15) is 25.6 Å². The Bertz CT molecular complexity index is 759. The van der Waals surface area contributed by atoms with E-state index in [0.29, 0.717) is 11.7 Å². The van der Waals surface area contributed by atoms with Gasteiger partial charge < -0.3 is 15.0 Å². The van der Waals surface area contributed by atoms with Crippen molar-refractivity contribution in [3.63, 3.8) is 0 Å². The van der Waals surface area contributed by atoms with Gasteiger partial charge in [0.25, 0.3) is 5.89 Å². The first kappa shape index (κ1) is 13.6. The summed E-state index contributed by atoms with van der Waals surface area (Å²) in [4.78, 5) is 4.23. The number of fused-ring (bicyclic) bond motifs is 1. The maximum atomic E-state index is 5.91. The molecule has 3 aromatic rings. The lowest BCUT2D eigenvalue weighted by molar-refractivity contribution is 0.242. The zero-order valence-electron chi connectivity index (χ0n) is 12.0. The Kier molecular flexibility index (Phi) is 3.35. The van der Waals surface area contributed by atoms with Crippen LogP contribution in [0.5, 0.6) is 5.75 Å². The van der Waals surface area contributed by atoms with Gasteiger partial charge >= 0.3 is 0 Å². The quantitative estimate of drug-likeness (QED) is 0.796. The molecule has 5 nitrogen and oxygen atoms in total. The number of hydrogen-bond donors (Lipinski definition) is 1. The van der Waals surface area contributed by atoms with Gasteiger partial charge in [0.05, 0.1) is 5.54 Å². The zero-order valence-corrected chi connectivity index (χ0v) is 12.0. The molecule has 3 rings (SSSR count). The van der Waals surface area contributed by atoms with Crippen LogP contribution in [-0.2, 0) is 12.1 Å². The Balaban J connectivity index is 1.73. The number of benzene rings is 2. The largest absolute Gasteiger partial charge is 0.484 e. The summed E-state index contributed by atoms with van der Waals surface area (Å²) < 4.78 is 10.8. The van der Waals surface area contributed by atoms with Crippen molar-refractivity contribution in [2.75, 3.05) is 0 Å². The Hall–Kier alpha value is -2.40. The molecule has 21 heavy (non-hydrogen) atoms. The highest BCUT2D eigenvalue weighted by Crippen LogP contribution is 2.21. The summed E-state index contributed by atoms with van der Waals surface area (Å²) in [6.07, 6.45) is 0. The SMILES string of the molecule is CC(C)(N)c1noc(COc2ccc3ccccc3c2)n1. The van der Waals surface area contributed by atoms with Crippen molar-refractivity contribution in [3.8, 4) is 5.75 Å². The lowest BCUT2D eigenvalue weighted by atomic mass is 10.1. The van der Waals surface area contributed by atoms with Crippen LogP contribution in [0.25, 0.3) is 10.8 Å². The third kappa shape index (κ3) is 3.03. The van der Waals surface area contributed by atoms with Crippen LogP contribution in [-0.4, -0.2) is 10.1 Å². The van der Waals surface area contributed by atoms with Gasteiger partial charge in [0.15, 0.2) is 12.4 Å². The molecule has 0 saturated carbocycles. The summed E-state index contributed by atoms with van der Waals surface area (Å²) in [5.74, 6) is 1.65. The van der Waals surface area contributed by atoms with Crippen LogP contribution in [0.4, 0.5) is 0 Å². The van der Waals surface area contributed by atoms with Gasteiger partial charge in [-0.25, -0.2) is 0 Å². The molecule has 0 fully saturated rings. The molecule has 108 valence electrons. The van der Waals surface area contributed by atoms with E-state index in [1.54, 1.807) is 0 Å². The normalized spacial score (nSPS) is 11.8. The monoisotopic (exact) mass is 283 g/mol. The van der Waals surface area contributed by atoms with E-state index in [-0.39, 0.29) is 6.61 Å². The van der Waals surface area contributed by atoms with E-state index in [2.05, 4.69) is 16.2 Å². The minimum absolute atomic E-state index is 0.224. The predicted octanol–water partition coefficient (Wildman–Crippen LogP) is 3.00. The molecule has 0 aliphatic carbocycles. The maximum absolute atomic E-state index is 5.91. The first-order valence-corrected chi connectivity index (χ1v) is 6.76. The van der Waals surface area contributed by atoms with Crippen LogP contribution < -0.4 is 10.5 Å². The van der Waals surface area contributed by atoms with Crippen LogP contribution in [0.3, 0.4) is 0 Å². The topological polar surface area (TPSA) is 74.2 Å². The Morgan fingerprint density at radius 2 is 1.90 bits per heavy atom. The van der Waals surface area contributed by atoms with E-state index in [9.17, 15) is 0 Å². The highest BCUT2D eigenvalue weighted by atomic mass is 16.5. The smallest absolute Gasteiger partial charge is 0.264 e. The molecule has 0 bridgehead atoms. The second-order valence-electron chi connectivity index (χ2n) is 5.53. The summed E-state index contributed by atoms with van der Waals surface area (Å²) >= 11 is 0. The zero-order chi connectivity index (χ0) is 14.9. The van der Waals surface area contributed by atoms with Gasteiger partial charge in [0.1, 0.15) is 5.75 Å². The first-order valence-electron chi connectivity index (χ1n) is 6.76. The van der Waals surface area contributed by atoms with Crippen molar-refractivity contribution in [1.82, 2.24) is 10.1 Å². The Morgan fingerprint density at radius 3 is 2.62 bits per heavy atom. The average Bonchev–Trinajstić information content (AvgIpc) is 2.94. The second-order valence-corrected chi connectivity index (χ2v) is 5.53. The van der Waals surface area contributed by atoms with E-state index in [0.717, 1.165) is 11.1 Å². The lowest BCUT2D eigenvalue weighted by Crippen LogP contribution is -2.30. The molecule has 0 atom stereocenters. The van der Waals surface area contributed by atoms with Gasteiger partial charge in [-0.1, -0.05) is 35.5 Å². The number of nitrogens with zero attached hydrogens (tertiary/aromatic N) is 2. The summed E-state index contributed by atoms with van der Waals surface area (Å²) in [6.45, 7) is 3.87. The maximum Gasteiger partial charge on any atom is 0.264 e. The van der Waals surface area contributed by atoms with Gasteiger partial charge in [-0.05, 0) is 36.8 Å². The molecule has 0 amide bonds. The Morgan fingerprint density at radius 1 is 1.14 bits per heavy atom. The number of aromatic nitrogens is 2. The fourth-order valence-corrected chi connectivity index (χ4v) is 1.98. The third-order valence-electron chi connectivity index (χ3n) is 3.13.